The molecule has 0 unspecified atom stereocenters. The van der Waals surface area contributed by atoms with Crippen molar-refractivity contribution in [1.29, 1.82) is 0 Å². The van der Waals surface area contributed by atoms with Gasteiger partial charge in [-0.25, -0.2) is 0 Å². The second-order valence-electron chi connectivity index (χ2n) is 5.51. The van der Waals surface area contributed by atoms with Crippen molar-refractivity contribution in [1.82, 2.24) is 0 Å². The van der Waals surface area contributed by atoms with E-state index in [9.17, 15) is 0 Å². The van der Waals surface area contributed by atoms with Gasteiger partial charge in [0.1, 0.15) is 0 Å². The molecule has 0 saturated carbocycles. The van der Waals surface area contributed by atoms with Crippen LogP contribution in [0.15, 0.2) is 30.3 Å². The molecule has 3 nitrogen and oxygen atoms in total. The van der Waals surface area contributed by atoms with Crippen molar-refractivity contribution in [3.8, 4) is 0 Å². The first-order chi connectivity index (χ1) is 9.70. The molecule has 1 aromatic rings. The predicted molar refractivity (Wildman–Crippen MR) is 83.4 cm³/mol. The maximum Gasteiger partial charge on any atom is 0.373 e. The van der Waals surface area contributed by atoms with Gasteiger partial charge in [-0.15, -0.1) is 0 Å². The van der Waals surface area contributed by atoms with Gasteiger partial charge in [-0.2, -0.15) is 0 Å². The molecule has 1 fully saturated rings. The Kier molecular flexibility index (Phi) is 5.38. The standard InChI is InChI=1S/C16H26O3Si/c1-4-16(12-17-13-16)14-20(18-5-2,19-6-3)15-10-8-7-9-11-15/h7-11H,4-6,12-14H2,1-3H3. The molecule has 4 heteroatoms. The topological polar surface area (TPSA) is 27.7 Å². The van der Waals surface area contributed by atoms with E-state index in [0.717, 1.165) is 25.7 Å². The highest BCUT2D eigenvalue weighted by atomic mass is 28.4. The van der Waals surface area contributed by atoms with Gasteiger partial charge in [0.05, 0.1) is 13.2 Å². The third-order valence-electron chi connectivity index (χ3n) is 4.14. The molecule has 1 saturated heterocycles. The average Bonchev–Trinajstić information content (AvgIpc) is 2.44. The van der Waals surface area contributed by atoms with Gasteiger partial charge in [0.25, 0.3) is 0 Å². The van der Waals surface area contributed by atoms with Crippen LogP contribution in [0.25, 0.3) is 0 Å². The van der Waals surface area contributed by atoms with Gasteiger partial charge >= 0.3 is 8.56 Å². The Morgan fingerprint density at radius 1 is 1.05 bits per heavy atom. The third kappa shape index (κ3) is 3.14. The third-order valence-corrected chi connectivity index (χ3v) is 8.08. The van der Waals surface area contributed by atoms with Gasteiger partial charge in [0.15, 0.2) is 0 Å². The smallest absolute Gasteiger partial charge is 0.373 e. The molecule has 0 atom stereocenters. The molecule has 0 amide bonds. The van der Waals surface area contributed by atoms with Crippen molar-refractivity contribution in [2.24, 2.45) is 5.41 Å². The maximum absolute atomic E-state index is 6.25. The van der Waals surface area contributed by atoms with Gasteiger partial charge in [-0.1, -0.05) is 37.3 Å². The SMILES string of the molecule is CCO[Si](CC1(CC)COC1)(OCC)c1ccccc1. The molecule has 112 valence electrons. The summed E-state index contributed by atoms with van der Waals surface area (Å²) in [4.78, 5) is 0. The summed E-state index contributed by atoms with van der Waals surface area (Å²) in [6, 6.07) is 11.5. The lowest BCUT2D eigenvalue weighted by molar-refractivity contribution is -0.107. The molecule has 1 aromatic carbocycles. The summed E-state index contributed by atoms with van der Waals surface area (Å²) in [5, 5.41) is 1.24. The molecule has 1 aliphatic rings. The van der Waals surface area contributed by atoms with Crippen LogP contribution in [0.5, 0.6) is 0 Å². The highest BCUT2D eigenvalue weighted by Crippen LogP contribution is 2.40. The fourth-order valence-electron chi connectivity index (χ4n) is 2.89. The van der Waals surface area contributed by atoms with Crippen LogP contribution < -0.4 is 5.19 Å². The Labute approximate surface area is 123 Å². The van der Waals surface area contributed by atoms with Crippen LogP contribution in [0, 0.1) is 5.41 Å². The van der Waals surface area contributed by atoms with Crippen molar-refractivity contribution in [2.75, 3.05) is 26.4 Å². The summed E-state index contributed by atoms with van der Waals surface area (Å²) < 4.78 is 18.0. The lowest BCUT2D eigenvalue weighted by Gasteiger charge is -2.45. The maximum atomic E-state index is 6.25. The lowest BCUT2D eigenvalue weighted by atomic mass is 9.85. The Morgan fingerprint density at radius 3 is 2.05 bits per heavy atom. The van der Waals surface area contributed by atoms with Crippen molar-refractivity contribution in [3.05, 3.63) is 30.3 Å². The van der Waals surface area contributed by atoms with E-state index in [0.29, 0.717) is 13.2 Å². The van der Waals surface area contributed by atoms with Gasteiger partial charge in [0, 0.05) is 24.7 Å². The Balaban J connectivity index is 2.31. The second-order valence-corrected chi connectivity index (χ2v) is 8.52. The Morgan fingerprint density at radius 2 is 1.65 bits per heavy atom. The number of ether oxygens (including phenoxy) is 1. The fraction of sp³-hybridized carbons (Fsp3) is 0.625. The zero-order chi connectivity index (χ0) is 14.5. The number of hydrogen-bond acceptors (Lipinski definition) is 3. The van der Waals surface area contributed by atoms with E-state index in [2.05, 4.69) is 45.0 Å². The normalized spacial score (nSPS) is 17.8. The van der Waals surface area contributed by atoms with Gasteiger partial charge in [-0.05, 0) is 25.5 Å². The van der Waals surface area contributed by atoms with Crippen LogP contribution in [0.2, 0.25) is 6.04 Å². The summed E-state index contributed by atoms with van der Waals surface area (Å²) in [5.74, 6) is 0. The van der Waals surface area contributed by atoms with Gasteiger partial charge in [-0.3, -0.25) is 0 Å². The van der Waals surface area contributed by atoms with Crippen LogP contribution in [0.4, 0.5) is 0 Å². The minimum Gasteiger partial charge on any atom is -0.391 e. The molecule has 0 bridgehead atoms. The van der Waals surface area contributed by atoms with E-state index >= 15 is 0 Å². The molecule has 0 spiro atoms. The Hall–Kier alpha value is -0.683. The summed E-state index contributed by atoms with van der Waals surface area (Å²) in [6.07, 6.45) is 1.12. The zero-order valence-electron chi connectivity index (χ0n) is 12.9. The molecule has 0 radical (unpaired) electrons. The highest BCUT2D eigenvalue weighted by Gasteiger charge is 2.50. The molecular formula is C16H26O3Si. The average molecular weight is 294 g/mol. The number of rotatable bonds is 8. The predicted octanol–water partition coefficient (Wildman–Crippen LogP) is 2.84. The summed E-state index contributed by atoms with van der Waals surface area (Å²) >= 11 is 0. The van der Waals surface area contributed by atoms with E-state index in [1.165, 1.54) is 5.19 Å². The van der Waals surface area contributed by atoms with E-state index < -0.39 is 8.56 Å². The lowest BCUT2D eigenvalue weighted by Crippen LogP contribution is -2.60. The monoisotopic (exact) mass is 294 g/mol. The summed E-state index contributed by atoms with van der Waals surface area (Å²) in [7, 11) is -2.38. The van der Waals surface area contributed by atoms with Crippen molar-refractivity contribution in [2.45, 2.75) is 33.2 Å². The fourth-order valence-corrected chi connectivity index (χ4v) is 6.79. The molecule has 0 N–H and O–H groups in total. The second kappa shape index (κ2) is 6.85. The molecule has 1 aliphatic heterocycles. The minimum atomic E-state index is -2.38. The highest BCUT2D eigenvalue weighted by molar-refractivity contribution is 6.81. The molecule has 1 heterocycles. The Bertz CT molecular complexity index is 392. The largest absolute Gasteiger partial charge is 0.391 e. The first-order valence-electron chi connectivity index (χ1n) is 7.61. The van der Waals surface area contributed by atoms with Gasteiger partial charge < -0.3 is 13.6 Å². The first-order valence-corrected chi connectivity index (χ1v) is 9.64. The molecule has 20 heavy (non-hydrogen) atoms. The van der Waals surface area contributed by atoms with Crippen LogP contribution in [-0.2, 0) is 13.6 Å². The van der Waals surface area contributed by atoms with Crippen molar-refractivity contribution >= 4 is 13.7 Å². The van der Waals surface area contributed by atoms with E-state index in [-0.39, 0.29) is 5.41 Å². The van der Waals surface area contributed by atoms with Crippen molar-refractivity contribution in [3.63, 3.8) is 0 Å². The van der Waals surface area contributed by atoms with E-state index in [1.807, 2.05) is 6.07 Å². The van der Waals surface area contributed by atoms with E-state index in [4.69, 9.17) is 13.6 Å². The molecule has 0 aliphatic carbocycles. The van der Waals surface area contributed by atoms with Crippen molar-refractivity contribution < 1.29 is 13.6 Å². The quantitative estimate of drug-likeness (QED) is 0.690. The van der Waals surface area contributed by atoms with Gasteiger partial charge in [0.2, 0.25) is 0 Å². The van der Waals surface area contributed by atoms with Crippen LogP contribution in [0.1, 0.15) is 27.2 Å². The first kappa shape index (κ1) is 15.7. The number of hydrogen-bond donors (Lipinski definition) is 0. The molecule has 0 aromatic heterocycles. The van der Waals surface area contributed by atoms with Crippen LogP contribution in [0.3, 0.4) is 0 Å². The van der Waals surface area contributed by atoms with Crippen LogP contribution >= 0.6 is 0 Å². The van der Waals surface area contributed by atoms with E-state index in [1.54, 1.807) is 0 Å². The van der Waals surface area contributed by atoms with Crippen LogP contribution in [-0.4, -0.2) is 35.0 Å². The molecular weight excluding hydrogens is 268 g/mol. The minimum absolute atomic E-state index is 0.242. The zero-order valence-corrected chi connectivity index (χ0v) is 13.9. The molecule has 2 rings (SSSR count). The number of benzene rings is 1. The summed E-state index contributed by atoms with van der Waals surface area (Å²) in [6.45, 7) is 9.42. The summed E-state index contributed by atoms with van der Waals surface area (Å²) in [5.41, 5.74) is 0.242.